The van der Waals surface area contributed by atoms with Crippen molar-refractivity contribution in [2.45, 2.75) is 20.8 Å². The van der Waals surface area contributed by atoms with E-state index in [0.29, 0.717) is 5.57 Å². The molecule has 0 aromatic rings. The molecule has 0 atom stereocenters. The van der Waals surface area contributed by atoms with Crippen molar-refractivity contribution in [1.82, 2.24) is 0 Å². The van der Waals surface area contributed by atoms with Crippen LogP contribution in [0.3, 0.4) is 0 Å². The monoisotopic (exact) mass is 185 g/mol. The Morgan fingerprint density at radius 1 is 1.31 bits per heavy atom. The number of ether oxygens (including phenoxy) is 1. The van der Waals surface area contributed by atoms with Gasteiger partial charge in [0.05, 0.1) is 5.71 Å². The Morgan fingerprint density at radius 3 is 2.38 bits per heavy atom. The summed E-state index contributed by atoms with van der Waals surface area (Å²) >= 11 is 0. The predicted molar refractivity (Wildman–Crippen MR) is 50.5 cm³/mol. The first-order valence-electron chi connectivity index (χ1n) is 4.00. The molecular formula is C9H15NO3. The number of rotatable bonds is 5. The van der Waals surface area contributed by atoms with Crippen LogP contribution in [0.1, 0.15) is 20.8 Å². The molecule has 0 saturated heterocycles. The Labute approximate surface area is 78.2 Å². The van der Waals surface area contributed by atoms with Crippen LogP contribution in [0.4, 0.5) is 0 Å². The third-order valence-corrected chi connectivity index (χ3v) is 1.00. The van der Waals surface area contributed by atoms with Gasteiger partial charge < -0.3 is 9.57 Å². The highest BCUT2D eigenvalue weighted by Crippen LogP contribution is 1.91. The summed E-state index contributed by atoms with van der Waals surface area (Å²) in [6.45, 7) is 9.14. The Bertz CT molecular complexity index is 217. The van der Waals surface area contributed by atoms with Crippen LogP contribution in [0.25, 0.3) is 0 Å². The van der Waals surface area contributed by atoms with Gasteiger partial charge in [0.2, 0.25) is 0 Å². The second-order valence-corrected chi connectivity index (χ2v) is 2.79. The number of nitrogens with zero attached hydrogens (tertiary/aromatic N) is 1. The van der Waals surface area contributed by atoms with Gasteiger partial charge in [0.25, 0.3) is 0 Å². The van der Waals surface area contributed by atoms with Gasteiger partial charge >= 0.3 is 5.97 Å². The number of hydrogen-bond acceptors (Lipinski definition) is 4. The third-order valence-electron chi connectivity index (χ3n) is 1.00. The first-order valence-corrected chi connectivity index (χ1v) is 4.00. The average Bonchev–Trinajstić information content (AvgIpc) is 2.02. The van der Waals surface area contributed by atoms with Gasteiger partial charge in [0.1, 0.15) is 6.61 Å². The first kappa shape index (κ1) is 11.7. The topological polar surface area (TPSA) is 47.9 Å². The second-order valence-electron chi connectivity index (χ2n) is 2.79. The van der Waals surface area contributed by atoms with E-state index in [1.807, 2.05) is 13.8 Å². The quantitative estimate of drug-likeness (QED) is 0.214. The maximum Gasteiger partial charge on any atom is 0.333 e. The molecule has 4 nitrogen and oxygen atoms in total. The van der Waals surface area contributed by atoms with Gasteiger partial charge in [-0.3, -0.25) is 0 Å². The van der Waals surface area contributed by atoms with Crippen molar-refractivity contribution in [2.24, 2.45) is 5.16 Å². The van der Waals surface area contributed by atoms with Gasteiger partial charge in [0.15, 0.2) is 6.61 Å². The van der Waals surface area contributed by atoms with E-state index in [9.17, 15) is 4.79 Å². The largest absolute Gasteiger partial charge is 0.459 e. The Morgan fingerprint density at radius 2 is 1.92 bits per heavy atom. The Hall–Kier alpha value is -1.32. The smallest absolute Gasteiger partial charge is 0.333 e. The van der Waals surface area contributed by atoms with Crippen molar-refractivity contribution in [3.8, 4) is 0 Å². The van der Waals surface area contributed by atoms with Gasteiger partial charge in [-0.15, -0.1) is 0 Å². The highest BCUT2D eigenvalue weighted by atomic mass is 16.6. The minimum atomic E-state index is -0.402. The lowest BCUT2D eigenvalue weighted by Crippen LogP contribution is -2.09. The number of oxime groups is 1. The lowest BCUT2D eigenvalue weighted by Gasteiger charge is -2.02. The molecule has 0 bridgehead atoms. The van der Waals surface area contributed by atoms with Crippen molar-refractivity contribution in [1.29, 1.82) is 0 Å². The van der Waals surface area contributed by atoms with Gasteiger partial charge in [-0.1, -0.05) is 11.7 Å². The number of carbonyl (C=O) groups excluding carboxylic acids is 1. The molecule has 0 radical (unpaired) electrons. The van der Waals surface area contributed by atoms with Crippen molar-refractivity contribution < 1.29 is 14.4 Å². The summed E-state index contributed by atoms with van der Waals surface area (Å²) in [5.41, 5.74) is 1.21. The van der Waals surface area contributed by atoms with Crippen LogP contribution >= 0.6 is 0 Å². The van der Waals surface area contributed by atoms with Crippen LogP contribution in [-0.4, -0.2) is 24.9 Å². The molecule has 0 fully saturated rings. The van der Waals surface area contributed by atoms with Crippen LogP contribution in [0.15, 0.2) is 17.3 Å². The lowest BCUT2D eigenvalue weighted by molar-refractivity contribution is -0.140. The van der Waals surface area contributed by atoms with Crippen molar-refractivity contribution in [3.63, 3.8) is 0 Å². The lowest BCUT2D eigenvalue weighted by atomic mass is 10.4. The SMILES string of the molecule is C=C(C)C(=O)OCCON=C(C)C. The molecule has 0 aliphatic heterocycles. The molecule has 0 spiro atoms. The molecular weight excluding hydrogens is 170 g/mol. The second kappa shape index (κ2) is 6.22. The van der Waals surface area contributed by atoms with Crippen LogP contribution in [0, 0.1) is 0 Å². The van der Waals surface area contributed by atoms with Crippen molar-refractivity contribution in [2.75, 3.05) is 13.2 Å². The molecule has 0 unspecified atom stereocenters. The molecule has 4 heteroatoms. The minimum Gasteiger partial charge on any atom is -0.459 e. The summed E-state index contributed by atoms with van der Waals surface area (Å²) in [6.07, 6.45) is 0. The van der Waals surface area contributed by atoms with E-state index in [4.69, 9.17) is 9.57 Å². The molecule has 0 aliphatic rings. The Kier molecular flexibility index (Phi) is 5.59. The first-order chi connectivity index (χ1) is 6.04. The van der Waals surface area contributed by atoms with Gasteiger partial charge in [0, 0.05) is 5.57 Å². The van der Waals surface area contributed by atoms with Gasteiger partial charge in [-0.25, -0.2) is 4.79 Å². The van der Waals surface area contributed by atoms with E-state index in [1.54, 1.807) is 6.92 Å². The molecule has 0 aromatic carbocycles. The fourth-order valence-electron chi connectivity index (χ4n) is 0.470. The molecule has 74 valence electrons. The van der Waals surface area contributed by atoms with Gasteiger partial charge in [-0.2, -0.15) is 0 Å². The summed E-state index contributed by atoms with van der Waals surface area (Å²) in [6, 6.07) is 0. The van der Waals surface area contributed by atoms with E-state index in [1.165, 1.54) is 0 Å². The van der Waals surface area contributed by atoms with Crippen molar-refractivity contribution in [3.05, 3.63) is 12.2 Å². The fourth-order valence-corrected chi connectivity index (χ4v) is 0.470. The number of esters is 1. The molecule has 0 rings (SSSR count). The maximum absolute atomic E-state index is 10.8. The summed E-state index contributed by atoms with van der Waals surface area (Å²) in [5.74, 6) is -0.402. The van der Waals surface area contributed by atoms with E-state index in [-0.39, 0.29) is 13.2 Å². The van der Waals surface area contributed by atoms with Crippen LogP contribution in [-0.2, 0) is 14.4 Å². The number of carbonyl (C=O) groups is 1. The molecule has 0 heterocycles. The van der Waals surface area contributed by atoms with Crippen LogP contribution < -0.4 is 0 Å². The van der Waals surface area contributed by atoms with E-state index in [2.05, 4.69) is 11.7 Å². The molecule has 0 amide bonds. The standard InChI is InChI=1S/C9H15NO3/c1-7(2)9(11)12-5-6-13-10-8(3)4/h1,5-6H2,2-4H3. The summed E-state index contributed by atoms with van der Waals surface area (Å²) < 4.78 is 4.75. The zero-order valence-corrected chi connectivity index (χ0v) is 8.29. The van der Waals surface area contributed by atoms with Crippen molar-refractivity contribution >= 4 is 11.7 Å². The van der Waals surface area contributed by atoms with Crippen LogP contribution in [0.2, 0.25) is 0 Å². The van der Waals surface area contributed by atoms with Crippen LogP contribution in [0.5, 0.6) is 0 Å². The summed E-state index contributed by atoms with van der Waals surface area (Å²) in [7, 11) is 0. The third kappa shape index (κ3) is 7.05. The molecule has 0 saturated carbocycles. The molecule has 13 heavy (non-hydrogen) atoms. The highest BCUT2D eigenvalue weighted by Gasteiger charge is 2.01. The van der Waals surface area contributed by atoms with E-state index >= 15 is 0 Å². The Balaban J connectivity index is 3.42. The summed E-state index contributed by atoms with van der Waals surface area (Å²) in [5, 5.41) is 3.67. The maximum atomic E-state index is 10.8. The van der Waals surface area contributed by atoms with Gasteiger partial charge in [-0.05, 0) is 20.8 Å². The van der Waals surface area contributed by atoms with E-state index in [0.717, 1.165) is 5.71 Å². The average molecular weight is 185 g/mol. The zero-order valence-electron chi connectivity index (χ0n) is 8.29. The summed E-state index contributed by atoms with van der Waals surface area (Å²) in [4.78, 5) is 15.6. The normalized spacial score (nSPS) is 8.85. The molecule has 0 aliphatic carbocycles. The predicted octanol–water partition coefficient (Wildman–Crippen LogP) is 1.52. The van der Waals surface area contributed by atoms with E-state index < -0.39 is 5.97 Å². The molecule has 0 aromatic heterocycles. The number of hydrogen-bond donors (Lipinski definition) is 0. The highest BCUT2D eigenvalue weighted by molar-refractivity contribution is 5.86. The zero-order chi connectivity index (χ0) is 10.3. The molecule has 0 N–H and O–H groups in total. The fraction of sp³-hybridized carbons (Fsp3) is 0.556. The minimum absolute atomic E-state index is 0.197.